The zero-order chi connectivity index (χ0) is 19.3. The summed E-state index contributed by atoms with van der Waals surface area (Å²) in [5, 5.41) is 5.65. The van der Waals surface area contributed by atoms with Gasteiger partial charge in [0.2, 0.25) is 11.8 Å². The molecule has 2 amide bonds. The van der Waals surface area contributed by atoms with Crippen molar-refractivity contribution in [2.45, 2.75) is 44.9 Å². The zero-order valence-corrected chi connectivity index (χ0v) is 15.7. The number of carbonyl (C=O) groups is 3. The van der Waals surface area contributed by atoms with Gasteiger partial charge < -0.3 is 15.4 Å². The molecule has 2 aliphatic rings. The van der Waals surface area contributed by atoms with Gasteiger partial charge in [-0.05, 0) is 57.1 Å². The fourth-order valence-corrected chi connectivity index (χ4v) is 3.44. The molecule has 1 aromatic rings. The summed E-state index contributed by atoms with van der Waals surface area (Å²) in [6.45, 7) is 0.554. The summed E-state index contributed by atoms with van der Waals surface area (Å²) in [5.74, 6) is -1.12. The topological polar surface area (TPSA) is 84.5 Å². The van der Waals surface area contributed by atoms with Gasteiger partial charge in [0.05, 0.1) is 18.4 Å². The molecule has 144 valence electrons. The summed E-state index contributed by atoms with van der Waals surface area (Å²) >= 11 is 0. The van der Waals surface area contributed by atoms with Gasteiger partial charge in [0.25, 0.3) is 0 Å². The number of allylic oxidation sites excluding steroid dienone is 1. The Kier molecular flexibility index (Phi) is 5.94. The van der Waals surface area contributed by atoms with Crippen LogP contribution in [0.2, 0.25) is 0 Å². The van der Waals surface area contributed by atoms with Crippen molar-refractivity contribution in [3.8, 4) is 0 Å². The largest absolute Gasteiger partial charge is 0.465 e. The molecule has 2 aliphatic carbocycles. The third-order valence-electron chi connectivity index (χ3n) is 5.32. The van der Waals surface area contributed by atoms with Crippen molar-refractivity contribution in [2.24, 2.45) is 5.41 Å². The summed E-state index contributed by atoms with van der Waals surface area (Å²) in [6, 6.07) is 6.63. The second-order valence-corrected chi connectivity index (χ2v) is 7.19. The van der Waals surface area contributed by atoms with Gasteiger partial charge in [-0.1, -0.05) is 23.8 Å². The molecular weight excluding hydrogens is 344 g/mol. The van der Waals surface area contributed by atoms with Gasteiger partial charge in [-0.3, -0.25) is 9.59 Å². The van der Waals surface area contributed by atoms with Gasteiger partial charge in [-0.25, -0.2) is 4.79 Å². The van der Waals surface area contributed by atoms with Crippen molar-refractivity contribution in [3.05, 3.63) is 41.5 Å². The van der Waals surface area contributed by atoms with Crippen molar-refractivity contribution in [1.82, 2.24) is 5.32 Å². The number of methoxy groups -OCH3 is 1. The molecule has 0 aromatic heterocycles. The molecule has 0 heterocycles. The third-order valence-corrected chi connectivity index (χ3v) is 5.32. The summed E-state index contributed by atoms with van der Waals surface area (Å²) in [6.07, 6.45) is 8.83. The molecule has 3 rings (SSSR count). The van der Waals surface area contributed by atoms with Crippen LogP contribution in [0.1, 0.15) is 55.3 Å². The lowest BCUT2D eigenvalue weighted by Gasteiger charge is -2.17. The first-order valence-corrected chi connectivity index (χ1v) is 9.52. The molecule has 6 heteroatoms. The van der Waals surface area contributed by atoms with Crippen LogP contribution in [0.4, 0.5) is 5.69 Å². The van der Waals surface area contributed by atoms with Crippen LogP contribution in [0.5, 0.6) is 0 Å². The molecule has 0 saturated heterocycles. The minimum atomic E-state index is -1.02. The Hall–Kier alpha value is -2.63. The number of rotatable bonds is 7. The summed E-state index contributed by atoms with van der Waals surface area (Å²) in [5.41, 5.74) is 1.00. The Morgan fingerprint density at radius 2 is 1.89 bits per heavy atom. The van der Waals surface area contributed by atoms with E-state index in [1.807, 2.05) is 0 Å². The van der Waals surface area contributed by atoms with E-state index in [4.69, 9.17) is 4.74 Å². The molecule has 0 atom stereocenters. The Balaban J connectivity index is 1.58. The Bertz CT molecular complexity index is 765. The fraction of sp³-hybridized carbons (Fsp3) is 0.476. The summed E-state index contributed by atoms with van der Waals surface area (Å²) in [7, 11) is 1.29. The van der Waals surface area contributed by atoms with Crippen LogP contribution in [-0.2, 0) is 14.3 Å². The van der Waals surface area contributed by atoms with Crippen LogP contribution in [0.25, 0.3) is 0 Å². The number of anilines is 1. The molecule has 6 nitrogen and oxygen atoms in total. The number of hydrogen-bond donors (Lipinski definition) is 2. The van der Waals surface area contributed by atoms with Gasteiger partial charge in [0, 0.05) is 6.54 Å². The van der Waals surface area contributed by atoms with Gasteiger partial charge in [-0.2, -0.15) is 0 Å². The quantitative estimate of drug-likeness (QED) is 0.438. The molecule has 1 fully saturated rings. The average Bonchev–Trinajstić information content (AvgIpc) is 3.51. The van der Waals surface area contributed by atoms with Gasteiger partial charge in [0.15, 0.2) is 0 Å². The van der Waals surface area contributed by atoms with Crippen LogP contribution in [0.15, 0.2) is 35.9 Å². The number of carbonyl (C=O) groups excluding carboxylic acids is 3. The molecular formula is C21H26N2O4. The highest BCUT2D eigenvalue weighted by Gasteiger charge is 2.56. The minimum Gasteiger partial charge on any atom is -0.465 e. The van der Waals surface area contributed by atoms with E-state index in [9.17, 15) is 14.4 Å². The number of nitrogens with one attached hydrogen (secondary N) is 2. The van der Waals surface area contributed by atoms with E-state index >= 15 is 0 Å². The summed E-state index contributed by atoms with van der Waals surface area (Å²) in [4.78, 5) is 37.2. The second-order valence-electron chi connectivity index (χ2n) is 7.19. The number of esters is 1. The predicted molar refractivity (Wildman–Crippen MR) is 102 cm³/mol. The fourth-order valence-electron chi connectivity index (χ4n) is 3.44. The Morgan fingerprint density at radius 3 is 2.56 bits per heavy atom. The standard InChI is InChI=1S/C21H26N2O4/c1-27-18(24)16-9-5-6-10-17(16)23-20(26)21(12-13-21)19(25)22-14-11-15-7-3-2-4-8-15/h5-7,9-10H,2-4,8,11-14H2,1H3,(H,22,25)(H,23,26). The van der Waals surface area contributed by atoms with E-state index in [1.54, 1.807) is 24.3 Å². The lowest BCUT2D eigenvalue weighted by atomic mass is 9.97. The number of amides is 2. The third kappa shape index (κ3) is 4.38. The van der Waals surface area contributed by atoms with E-state index in [2.05, 4.69) is 16.7 Å². The smallest absolute Gasteiger partial charge is 0.339 e. The lowest BCUT2D eigenvalue weighted by molar-refractivity contribution is -0.134. The van der Waals surface area contributed by atoms with Gasteiger partial charge in [-0.15, -0.1) is 0 Å². The predicted octanol–water partition coefficient (Wildman–Crippen LogP) is 3.20. The van der Waals surface area contributed by atoms with E-state index in [-0.39, 0.29) is 17.4 Å². The normalized spacial score (nSPS) is 17.4. The van der Waals surface area contributed by atoms with Crippen LogP contribution in [0, 0.1) is 5.41 Å². The average molecular weight is 370 g/mol. The van der Waals surface area contributed by atoms with Crippen LogP contribution in [-0.4, -0.2) is 31.4 Å². The molecule has 0 radical (unpaired) electrons. The van der Waals surface area contributed by atoms with E-state index in [0.717, 1.165) is 19.3 Å². The van der Waals surface area contributed by atoms with E-state index in [0.29, 0.717) is 25.1 Å². The maximum atomic E-state index is 12.7. The van der Waals surface area contributed by atoms with E-state index < -0.39 is 11.4 Å². The highest BCUT2D eigenvalue weighted by molar-refractivity contribution is 6.14. The zero-order valence-electron chi connectivity index (χ0n) is 15.7. The molecule has 1 aromatic carbocycles. The first kappa shape index (κ1) is 19.1. The summed E-state index contributed by atoms with van der Waals surface area (Å²) < 4.78 is 4.74. The molecule has 0 aliphatic heterocycles. The monoisotopic (exact) mass is 370 g/mol. The molecule has 1 saturated carbocycles. The van der Waals surface area contributed by atoms with Crippen molar-refractivity contribution >= 4 is 23.5 Å². The Labute approximate surface area is 159 Å². The maximum absolute atomic E-state index is 12.7. The molecule has 27 heavy (non-hydrogen) atoms. The van der Waals surface area contributed by atoms with E-state index in [1.165, 1.54) is 25.5 Å². The number of para-hydroxylation sites is 1. The molecule has 0 spiro atoms. The SMILES string of the molecule is COC(=O)c1ccccc1NC(=O)C1(C(=O)NCCC2=CCCCC2)CC1. The second kappa shape index (κ2) is 8.37. The van der Waals surface area contributed by atoms with Crippen molar-refractivity contribution < 1.29 is 19.1 Å². The number of hydrogen-bond acceptors (Lipinski definition) is 4. The highest BCUT2D eigenvalue weighted by Crippen LogP contribution is 2.47. The first-order valence-electron chi connectivity index (χ1n) is 9.52. The number of benzene rings is 1. The number of ether oxygens (including phenoxy) is 1. The van der Waals surface area contributed by atoms with Crippen LogP contribution >= 0.6 is 0 Å². The maximum Gasteiger partial charge on any atom is 0.339 e. The van der Waals surface area contributed by atoms with Crippen molar-refractivity contribution in [1.29, 1.82) is 0 Å². The molecule has 0 bridgehead atoms. The van der Waals surface area contributed by atoms with Gasteiger partial charge in [0.1, 0.15) is 5.41 Å². The van der Waals surface area contributed by atoms with Crippen molar-refractivity contribution in [2.75, 3.05) is 19.0 Å². The first-order chi connectivity index (χ1) is 13.1. The lowest BCUT2D eigenvalue weighted by Crippen LogP contribution is -2.40. The molecule has 2 N–H and O–H groups in total. The van der Waals surface area contributed by atoms with Crippen molar-refractivity contribution in [3.63, 3.8) is 0 Å². The van der Waals surface area contributed by atoms with Gasteiger partial charge >= 0.3 is 5.97 Å². The molecule has 0 unspecified atom stereocenters. The van der Waals surface area contributed by atoms with Crippen LogP contribution in [0.3, 0.4) is 0 Å². The minimum absolute atomic E-state index is 0.230. The van der Waals surface area contributed by atoms with Crippen LogP contribution < -0.4 is 10.6 Å². The highest BCUT2D eigenvalue weighted by atomic mass is 16.5. The Morgan fingerprint density at radius 1 is 1.11 bits per heavy atom.